The molecular formula is C16H21BrN2O2. The van der Waals surface area contributed by atoms with Gasteiger partial charge >= 0.3 is 0 Å². The highest BCUT2D eigenvalue weighted by molar-refractivity contribution is 9.10. The first-order chi connectivity index (χ1) is 9.90. The maximum Gasteiger partial charge on any atom is 0.249 e. The molecule has 1 heterocycles. The topological polar surface area (TPSA) is 40.6 Å². The highest BCUT2D eigenvalue weighted by Crippen LogP contribution is 2.24. The second-order valence-electron chi connectivity index (χ2n) is 5.83. The van der Waals surface area contributed by atoms with Crippen LogP contribution in [0.3, 0.4) is 0 Å². The second-order valence-corrected chi connectivity index (χ2v) is 6.75. The first-order valence-corrected chi connectivity index (χ1v) is 8.06. The molecule has 0 bridgehead atoms. The molecule has 2 rings (SSSR count). The van der Waals surface area contributed by atoms with Crippen LogP contribution >= 0.6 is 15.9 Å². The third-order valence-corrected chi connectivity index (χ3v) is 4.17. The molecule has 0 aromatic heterocycles. The third-order valence-electron chi connectivity index (χ3n) is 3.68. The van der Waals surface area contributed by atoms with Crippen molar-refractivity contribution in [2.24, 2.45) is 5.92 Å². The smallest absolute Gasteiger partial charge is 0.249 e. The normalized spacial score (nSPS) is 19.3. The molecular weight excluding hydrogens is 332 g/mol. The summed E-state index contributed by atoms with van der Waals surface area (Å²) in [4.78, 5) is 28.2. The quantitative estimate of drug-likeness (QED) is 0.838. The van der Waals surface area contributed by atoms with E-state index >= 15 is 0 Å². The van der Waals surface area contributed by atoms with Gasteiger partial charge in [0, 0.05) is 29.7 Å². The molecule has 1 aliphatic heterocycles. The number of amides is 2. The van der Waals surface area contributed by atoms with Crippen molar-refractivity contribution in [1.29, 1.82) is 0 Å². The molecule has 0 aliphatic carbocycles. The van der Waals surface area contributed by atoms with Gasteiger partial charge in [0.15, 0.2) is 0 Å². The van der Waals surface area contributed by atoms with Crippen molar-refractivity contribution in [2.45, 2.75) is 33.2 Å². The molecule has 21 heavy (non-hydrogen) atoms. The second kappa shape index (κ2) is 6.60. The first-order valence-electron chi connectivity index (χ1n) is 7.26. The number of carbonyl (C=O) groups excluding carboxylic acids is 2. The molecule has 5 heteroatoms. The van der Waals surface area contributed by atoms with E-state index in [1.807, 2.05) is 45.0 Å². The van der Waals surface area contributed by atoms with Crippen LogP contribution in [0.4, 0.5) is 5.69 Å². The molecule has 1 fully saturated rings. The van der Waals surface area contributed by atoms with Gasteiger partial charge in [-0.3, -0.25) is 9.59 Å². The highest BCUT2D eigenvalue weighted by atomic mass is 79.9. The monoisotopic (exact) mass is 352 g/mol. The average Bonchev–Trinajstić information content (AvgIpc) is 2.40. The molecule has 1 unspecified atom stereocenters. The van der Waals surface area contributed by atoms with Crippen LogP contribution in [-0.2, 0) is 9.59 Å². The van der Waals surface area contributed by atoms with Crippen molar-refractivity contribution in [2.75, 3.05) is 18.0 Å². The predicted octanol–water partition coefficient (Wildman–Crippen LogP) is 3.06. The van der Waals surface area contributed by atoms with Crippen LogP contribution in [0.1, 0.15) is 27.2 Å². The van der Waals surface area contributed by atoms with Gasteiger partial charge in [0.25, 0.3) is 0 Å². The zero-order valence-corrected chi connectivity index (χ0v) is 14.3. The SMILES string of the molecule is CC(C)CC(=O)N1CCN(c2cccc(Br)c2)C(=O)C1C. The van der Waals surface area contributed by atoms with Gasteiger partial charge in [0.05, 0.1) is 0 Å². The van der Waals surface area contributed by atoms with Crippen LogP contribution in [-0.4, -0.2) is 35.8 Å². The summed E-state index contributed by atoms with van der Waals surface area (Å²) in [7, 11) is 0. The van der Waals surface area contributed by atoms with Gasteiger partial charge in [-0.1, -0.05) is 35.8 Å². The van der Waals surface area contributed by atoms with E-state index in [-0.39, 0.29) is 11.8 Å². The maximum atomic E-state index is 12.6. The predicted molar refractivity (Wildman–Crippen MR) is 87.1 cm³/mol. The Balaban J connectivity index is 2.13. The van der Waals surface area contributed by atoms with E-state index in [1.165, 1.54) is 0 Å². The molecule has 114 valence electrons. The third kappa shape index (κ3) is 3.64. The van der Waals surface area contributed by atoms with Crippen molar-refractivity contribution in [3.63, 3.8) is 0 Å². The Kier molecular flexibility index (Phi) is 5.04. The average molecular weight is 353 g/mol. The van der Waals surface area contributed by atoms with Crippen LogP contribution in [0.25, 0.3) is 0 Å². The molecule has 1 aromatic rings. The zero-order valence-electron chi connectivity index (χ0n) is 12.7. The highest BCUT2D eigenvalue weighted by Gasteiger charge is 2.34. The molecule has 1 atom stereocenters. The number of nitrogens with zero attached hydrogens (tertiary/aromatic N) is 2. The Hall–Kier alpha value is -1.36. The summed E-state index contributed by atoms with van der Waals surface area (Å²) in [6.07, 6.45) is 0.495. The molecule has 4 nitrogen and oxygen atoms in total. The van der Waals surface area contributed by atoms with Crippen molar-refractivity contribution >= 4 is 33.4 Å². The molecule has 1 aromatic carbocycles. The summed E-state index contributed by atoms with van der Waals surface area (Å²) in [6, 6.07) is 7.29. The fraction of sp³-hybridized carbons (Fsp3) is 0.500. The van der Waals surface area contributed by atoms with Crippen LogP contribution < -0.4 is 4.90 Å². The summed E-state index contributed by atoms with van der Waals surface area (Å²) in [5.41, 5.74) is 0.872. The fourth-order valence-electron chi connectivity index (χ4n) is 2.58. The van der Waals surface area contributed by atoms with Gasteiger partial charge in [-0.25, -0.2) is 0 Å². The lowest BCUT2D eigenvalue weighted by molar-refractivity contribution is -0.141. The van der Waals surface area contributed by atoms with Crippen LogP contribution in [0.15, 0.2) is 28.7 Å². The Morgan fingerprint density at radius 2 is 2.10 bits per heavy atom. The van der Waals surface area contributed by atoms with E-state index in [2.05, 4.69) is 15.9 Å². The molecule has 0 spiro atoms. The molecule has 1 saturated heterocycles. The van der Waals surface area contributed by atoms with Gasteiger partial charge in [0.1, 0.15) is 6.04 Å². The number of piperazine rings is 1. The molecule has 0 N–H and O–H groups in total. The first kappa shape index (κ1) is 16.0. The maximum absolute atomic E-state index is 12.6. The minimum absolute atomic E-state index is 0.0172. The van der Waals surface area contributed by atoms with Gasteiger partial charge < -0.3 is 9.80 Å². The van der Waals surface area contributed by atoms with E-state index in [0.29, 0.717) is 25.4 Å². The van der Waals surface area contributed by atoms with Crippen LogP contribution in [0.5, 0.6) is 0 Å². The lowest BCUT2D eigenvalue weighted by atomic mass is 10.1. The minimum Gasteiger partial charge on any atom is -0.329 e. The van der Waals surface area contributed by atoms with E-state index in [9.17, 15) is 9.59 Å². The van der Waals surface area contributed by atoms with Crippen molar-refractivity contribution in [3.05, 3.63) is 28.7 Å². The summed E-state index contributed by atoms with van der Waals surface area (Å²) < 4.78 is 0.943. The zero-order chi connectivity index (χ0) is 15.6. The number of rotatable bonds is 3. The van der Waals surface area contributed by atoms with Gasteiger partial charge in [-0.05, 0) is 31.0 Å². The standard InChI is InChI=1S/C16H21BrN2O2/c1-11(2)9-15(20)18-7-8-19(16(21)12(18)3)14-6-4-5-13(17)10-14/h4-6,10-12H,7-9H2,1-3H3. The minimum atomic E-state index is -0.399. The van der Waals surface area contributed by atoms with Crippen LogP contribution in [0.2, 0.25) is 0 Å². The van der Waals surface area contributed by atoms with Crippen LogP contribution in [0, 0.1) is 5.92 Å². The summed E-state index contributed by atoms with van der Waals surface area (Å²) in [5.74, 6) is 0.360. The lowest BCUT2D eigenvalue weighted by Gasteiger charge is -2.39. The lowest BCUT2D eigenvalue weighted by Crippen LogP contribution is -2.57. The van der Waals surface area contributed by atoms with Gasteiger partial charge in [-0.15, -0.1) is 0 Å². The van der Waals surface area contributed by atoms with Gasteiger partial charge in [0.2, 0.25) is 11.8 Å². The molecule has 0 saturated carbocycles. The molecule has 0 radical (unpaired) electrons. The number of hydrogen-bond acceptors (Lipinski definition) is 2. The Morgan fingerprint density at radius 1 is 1.38 bits per heavy atom. The Bertz CT molecular complexity index is 545. The van der Waals surface area contributed by atoms with Crippen molar-refractivity contribution < 1.29 is 9.59 Å². The van der Waals surface area contributed by atoms with Crippen molar-refractivity contribution in [3.8, 4) is 0 Å². The number of hydrogen-bond donors (Lipinski definition) is 0. The van der Waals surface area contributed by atoms with E-state index in [0.717, 1.165) is 10.2 Å². The summed E-state index contributed by atoms with van der Waals surface area (Å²) in [6.45, 7) is 6.98. The Labute approximate surface area is 134 Å². The summed E-state index contributed by atoms with van der Waals surface area (Å²) >= 11 is 3.42. The van der Waals surface area contributed by atoms with Crippen molar-refractivity contribution in [1.82, 2.24) is 4.90 Å². The number of halogens is 1. The van der Waals surface area contributed by atoms with E-state index in [4.69, 9.17) is 0 Å². The summed E-state index contributed by atoms with van der Waals surface area (Å²) in [5, 5.41) is 0. The number of anilines is 1. The van der Waals surface area contributed by atoms with Gasteiger partial charge in [-0.2, -0.15) is 0 Å². The number of carbonyl (C=O) groups is 2. The largest absolute Gasteiger partial charge is 0.329 e. The number of benzene rings is 1. The van der Waals surface area contributed by atoms with E-state index < -0.39 is 6.04 Å². The fourth-order valence-corrected chi connectivity index (χ4v) is 2.97. The molecule has 2 amide bonds. The van der Waals surface area contributed by atoms with E-state index in [1.54, 1.807) is 9.80 Å². The molecule has 1 aliphatic rings. The Morgan fingerprint density at radius 3 is 2.71 bits per heavy atom.